The van der Waals surface area contributed by atoms with E-state index in [0.717, 1.165) is 25.6 Å². The van der Waals surface area contributed by atoms with Gasteiger partial charge in [0.05, 0.1) is 14.5 Å². The number of anilines is 1. The smallest absolute Gasteiger partial charge is 0.260 e. The fourth-order valence-corrected chi connectivity index (χ4v) is 5.94. The molecule has 0 aliphatic heterocycles. The van der Waals surface area contributed by atoms with Gasteiger partial charge in [-0.05, 0) is 49.5 Å². The van der Waals surface area contributed by atoms with Gasteiger partial charge in [0.25, 0.3) is 5.91 Å². The van der Waals surface area contributed by atoms with Crippen LogP contribution in [-0.2, 0) is 19.7 Å². The van der Waals surface area contributed by atoms with Gasteiger partial charge < -0.3 is 4.90 Å². The first-order valence-corrected chi connectivity index (χ1v) is 15.0. The van der Waals surface area contributed by atoms with Gasteiger partial charge in [0.1, 0.15) is 5.52 Å². The number of amides is 1. The third-order valence-electron chi connectivity index (χ3n) is 5.31. The Kier molecular flexibility index (Phi) is 7.57. The molecule has 2 aromatic carbocycles. The normalized spacial score (nSPS) is 12.4. The Labute approximate surface area is 198 Å². The summed E-state index contributed by atoms with van der Waals surface area (Å²) >= 11 is 1.25. The quantitative estimate of drug-likeness (QED) is 0.436. The van der Waals surface area contributed by atoms with Gasteiger partial charge in [-0.3, -0.25) is 9.69 Å². The van der Waals surface area contributed by atoms with E-state index in [1.54, 1.807) is 12.1 Å². The zero-order valence-corrected chi connectivity index (χ0v) is 21.4. The van der Waals surface area contributed by atoms with Crippen molar-refractivity contribution in [1.82, 2.24) is 9.88 Å². The molecule has 0 atom stereocenters. The molecule has 1 aromatic heterocycles. The molecule has 33 heavy (non-hydrogen) atoms. The molecule has 1 amide bonds. The number of hydrogen-bond donors (Lipinski definition) is 0. The van der Waals surface area contributed by atoms with E-state index in [1.807, 2.05) is 13.8 Å². The molecule has 1 heterocycles. The number of hydrogen-bond acceptors (Lipinski definition) is 8. The number of rotatable bonds is 9. The molecule has 11 heteroatoms. The van der Waals surface area contributed by atoms with Crippen molar-refractivity contribution in [3.05, 3.63) is 48.0 Å². The van der Waals surface area contributed by atoms with E-state index in [2.05, 4.69) is 9.88 Å². The Morgan fingerprint density at radius 1 is 0.909 bits per heavy atom. The Balaban J connectivity index is 2.05. The maximum atomic E-state index is 13.5. The molecule has 3 aromatic rings. The third kappa shape index (κ3) is 5.78. The highest BCUT2D eigenvalue weighted by molar-refractivity contribution is 7.91. The lowest BCUT2D eigenvalue weighted by atomic mass is 10.2. The second kappa shape index (κ2) is 9.88. The molecule has 0 bridgehead atoms. The van der Waals surface area contributed by atoms with Gasteiger partial charge in [0.15, 0.2) is 24.8 Å². The monoisotopic (exact) mass is 509 g/mol. The largest absolute Gasteiger partial charge is 0.302 e. The van der Waals surface area contributed by atoms with Gasteiger partial charge in [-0.15, -0.1) is 0 Å². The molecule has 0 saturated carbocycles. The Morgan fingerprint density at radius 2 is 1.55 bits per heavy atom. The number of nitrogens with zero attached hydrogens (tertiary/aromatic N) is 3. The Bertz CT molecular complexity index is 1360. The van der Waals surface area contributed by atoms with Crippen molar-refractivity contribution in [3.63, 3.8) is 0 Å². The lowest BCUT2D eigenvalue weighted by Gasteiger charge is -2.24. The molecule has 3 rings (SSSR count). The number of sulfone groups is 2. The van der Waals surface area contributed by atoms with Crippen molar-refractivity contribution < 1.29 is 21.6 Å². The van der Waals surface area contributed by atoms with Crippen LogP contribution in [0.2, 0.25) is 0 Å². The fourth-order valence-electron chi connectivity index (χ4n) is 3.39. The predicted molar refractivity (Wildman–Crippen MR) is 132 cm³/mol. The van der Waals surface area contributed by atoms with Gasteiger partial charge in [-0.1, -0.05) is 31.3 Å². The minimum atomic E-state index is -3.49. The predicted octanol–water partition coefficient (Wildman–Crippen LogP) is 3.09. The second-order valence-electron chi connectivity index (χ2n) is 7.65. The number of benzene rings is 2. The molecule has 0 saturated heterocycles. The highest BCUT2D eigenvalue weighted by Gasteiger charge is 2.24. The summed E-state index contributed by atoms with van der Waals surface area (Å²) in [5, 5.41) is 0.394. The van der Waals surface area contributed by atoms with E-state index in [1.165, 1.54) is 46.6 Å². The van der Waals surface area contributed by atoms with Gasteiger partial charge in [-0.2, -0.15) is 0 Å². The first-order chi connectivity index (χ1) is 15.5. The van der Waals surface area contributed by atoms with Crippen molar-refractivity contribution in [2.45, 2.75) is 23.6 Å². The molecule has 0 aliphatic carbocycles. The van der Waals surface area contributed by atoms with Crippen LogP contribution >= 0.6 is 11.3 Å². The van der Waals surface area contributed by atoms with E-state index < -0.39 is 19.7 Å². The van der Waals surface area contributed by atoms with Crippen LogP contribution in [0, 0.1) is 0 Å². The van der Waals surface area contributed by atoms with E-state index in [9.17, 15) is 21.6 Å². The Morgan fingerprint density at radius 3 is 2.09 bits per heavy atom. The average molecular weight is 510 g/mol. The summed E-state index contributed by atoms with van der Waals surface area (Å²) in [7, 11) is -6.87. The van der Waals surface area contributed by atoms with E-state index in [0.29, 0.717) is 34.0 Å². The standard InChI is InChI=1S/C22H27N3O5S3/c1-5-24(6-2)14-15-25(21(26)16-10-12-17(13-11-16)32(3,27)28)22-23-20-18(31-22)8-7-9-19(20)33(4,29)30/h7-13H,5-6,14-15H2,1-4H3. The van der Waals surface area contributed by atoms with Crippen LogP contribution in [0.3, 0.4) is 0 Å². The first-order valence-electron chi connectivity index (χ1n) is 10.4. The molecule has 0 spiro atoms. The fraction of sp³-hybridized carbons (Fsp3) is 0.364. The van der Waals surface area contributed by atoms with Gasteiger partial charge in [-0.25, -0.2) is 21.8 Å². The minimum Gasteiger partial charge on any atom is -0.302 e. The first kappa shape index (κ1) is 25.3. The molecule has 0 radical (unpaired) electrons. The van der Waals surface area contributed by atoms with Crippen LogP contribution in [0.1, 0.15) is 24.2 Å². The maximum absolute atomic E-state index is 13.5. The van der Waals surface area contributed by atoms with Crippen LogP contribution in [0.5, 0.6) is 0 Å². The van der Waals surface area contributed by atoms with Crippen LogP contribution in [0.15, 0.2) is 52.3 Å². The molecule has 8 nitrogen and oxygen atoms in total. The van der Waals surface area contributed by atoms with Gasteiger partial charge in [0.2, 0.25) is 0 Å². The topological polar surface area (TPSA) is 105 Å². The molecule has 0 unspecified atom stereocenters. The van der Waals surface area contributed by atoms with E-state index in [4.69, 9.17) is 0 Å². The van der Waals surface area contributed by atoms with Crippen molar-refractivity contribution >= 4 is 52.3 Å². The lowest BCUT2D eigenvalue weighted by Crippen LogP contribution is -2.38. The summed E-state index contributed by atoms with van der Waals surface area (Å²) in [6, 6.07) is 10.7. The number of carbonyl (C=O) groups is 1. The van der Waals surface area contributed by atoms with Crippen LogP contribution in [-0.4, -0.2) is 71.3 Å². The number of likely N-dealkylation sites (N-methyl/N-ethyl adjacent to an activating group) is 1. The number of para-hydroxylation sites is 1. The summed E-state index contributed by atoms with van der Waals surface area (Å²) in [5.74, 6) is -0.331. The molecular weight excluding hydrogens is 482 g/mol. The summed E-state index contributed by atoms with van der Waals surface area (Å²) in [6.07, 6.45) is 2.24. The number of fused-ring (bicyclic) bond motifs is 1. The Hall–Kier alpha value is -2.34. The molecule has 178 valence electrons. The molecular formula is C22H27N3O5S3. The minimum absolute atomic E-state index is 0.121. The zero-order chi connectivity index (χ0) is 24.4. The second-order valence-corrected chi connectivity index (χ2v) is 12.7. The van der Waals surface area contributed by atoms with E-state index in [-0.39, 0.29) is 15.7 Å². The molecule has 0 N–H and O–H groups in total. The van der Waals surface area contributed by atoms with Crippen molar-refractivity contribution in [2.75, 3.05) is 43.6 Å². The average Bonchev–Trinajstić information content (AvgIpc) is 3.19. The maximum Gasteiger partial charge on any atom is 0.260 e. The van der Waals surface area contributed by atoms with Crippen LogP contribution in [0.25, 0.3) is 10.2 Å². The molecule has 0 fully saturated rings. The van der Waals surface area contributed by atoms with Gasteiger partial charge >= 0.3 is 0 Å². The van der Waals surface area contributed by atoms with E-state index >= 15 is 0 Å². The zero-order valence-electron chi connectivity index (χ0n) is 19.0. The highest BCUT2D eigenvalue weighted by Crippen LogP contribution is 2.33. The third-order valence-corrected chi connectivity index (χ3v) is 8.61. The van der Waals surface area contributed by atoms with Crippen molar-refractivity contribution in [1.29, 1.82) is 0 Å². The molecule has 0 aliphatic rings. The van der Waals surface area contributed by atoms with Crippen LogP contribution in [0.4, 0.5) is 5.13 Å². The van der Waals surface area contributed by atoms with Gasteiger partial charge in [0, 0.05) is 31.2 Å². The summed E-state index contributed by atoms with van der Waals surface area (Å²) in [4.78, 5) is 22.0. The highest BCUT2D eigenvalue weighted by atomic mass is 32.2. The SMILES string of the molecule is CCN(CC)CCN(C(=O)c1ccc(S(C)(=O)=O)cc1)c1nc2c(S(C)(=O)=O)cccc2s1. The number of thiazole rings is 1. The summed E-state index contributed by atoms with van der Waals surface area (Å²) in [6.45, 7) is 6.67. The lowest BCUT2D eigenvalue weighted by molar-refractivity contribution is 0.0983. The van der Waals surface area contributed by atoms with Crippen LogP contribution < -0.4 is 4.90 Å². The number of carbonyl (C=O) groups excluding carboxylic acids is 1. The van der Waals surface area contributed by atoms with Crippen molar-refractivity contribution in [3.8, 4) is 0 Å². The summed E-state index contributed by atoms with van der Waals surface area (Å²) < 4.78 is 48.6. The number of aromatic nitrogens is 1. The van der Waals surface area contributed by atoms with Crippen molar-refractivity contribution in [2.24, 2.45) is 0 Å². The summed E-state index contributed by atoms with van der Waals surface area (Å²) in [5.41, 5.74) is 0.664.